The molecule has 8 nitrogen and oxygen atoms in total. The molecule has 2 atom stereocenters. The number of fused-ring (bicyclic) bond motifs is 1. The number of morpholine rings is 1. The molecule has 2 unspecified atom stereocenters. The van der Waals surface area contributed by atoms with Gasteiger partial charge < -0.3 is 25.0 Å². The third-order valence-electron chi connectivity index (χ3n) is 7.49. The highest BCUT2D eigenvalue weighted by Crippen LogP contribution is 2.41. The van der Waals surface area contributed by atoms with Gasteiger partial charge in [0.25, 0.3) is 0 Å². The molecule has 1 aromatic heterocycles. The van der Waals surface area contributed by atoms with Gasteiger partial charge in [-0.25, -0.2) is 4.68 Å². The molecule has 1 amide bonds. The fraction of sp³-hybridized carbons (Fsp3) is 0.467. The van der Waals surface area contributed by atoms with E-state index >= 15 is 0 Å². The molecule has 1 saturated heterocycles. The lowest BCUT2D eigenvalue weighted by atomic mass is 9.71. The van der Waals surface area contributed by atoms with E-state index in [1.807, 2.05) is 37.3 Å². The maximum absolute atomic E-state index is 10.9. The minimum absolute atomic E-state index is 0.0208. The predicted molar refractivity (Wildman–Crippen MR) is 151 cm³/mol. The van der Waals surface area contributed by atoms with E-state index in [-0.39, 0.29) is 6.10 Å². The van der Waals surface area contributed by atoms with E-state index in [1.54, 1.807) is 4.68 Å². The monoisotopic (exact) mass is 519 g/mol. The van der Waals surface area contributed by atoms with Crippen LogP contribution in [0.15, 0.2) is 54.6 Å². The number of anilines is 1. The Balaban J connectivity index is 0.000000204. The molecule has 0 bridgehead atoms. The molecule has 5 rings (SSSR count). The number of aromatic nitrogens is 2. The van der Waals surface area contributed by atoms with Gasteiger partial charge in [0.2, 0.25) is 12.3 Å². The average molecular weight is 520 g/mol. The van der Waals surface area contributed by atoms with Gasteiger partial charge in [0.05, 0.1) is 17.9 Å². The second kappa shape index (κ2) is 12.6. The number of carbonyl (C=O) groups excluding carboxylic acids is 1. The number of hydrogen-bond donors (Lipinski definition) is 2. The van der Waals surface area contributed by atoms with Crippen LogP contribution >= 0.6 is 0 Å². The van der Waals surface area contributed by atoms with Crippen molar-refractivity contribution in [3.05, 3.63) is 71.3 Å². The number of ether oxygens (including phenoxy) is 2. The molecule has 1 aliphatic heterocycles. The second-order valence-corrected chi connectivity index (χ2v) is 10.7. The maximum atomic E-state index is 10.9. The molecule has 2 N–H and O–H groups in total. The first-order chi connectivity index (χ1) is 18.3. The molecule has 204 valence electrons. The van der Waals surface area contributed by atoms with Crippen molar-refractivity contribution < 1.29 is 14.3 Å². The fourth-order valence-corrected chi connectivity index (χ4v) is 5.25. The molecule has 38 heavy (non-hydrogen) atoms. The van der Waals surface area contributed by atoms with Crippen molar-refractivity contribution in [1.29, 1.82) is 0 Å². The summed E-state index contributed by atoms with van der Waals surface area (Å²) in [6.45, 7) is 9.47. The summed E-state index contributed by atoms with van der Waals surface area (Å²) in [5, 5.41) is 10.6. The highest BCUT2D eigenvalue weighted by atomic mass is 16.5. The number of amides is 1. The Morgan fingerprint density at radius 2 is 1.89 bits per heavy atom. The second-order valence-electron chi connectivity index (χ2n) is 10.7. The summed E-state index contributed by atoms with van der Waals surface area (Å²) in [5.74, 6) is 1.10. The van der Waals surface area contributed by atoms with Crippen LogP contribution in [0.2, 0.25) is 0 Å². The van der Waals surface area contributed by atoms with E-state index in [0.29, 0.717) is 42.8 Å². The number of benzene rings is 2. The zero-order chi connectivity index (χ0) is 27.1. The first-order valence-corrected chi connectivity index (χ1v) is 13.4. The molecule has 0 radical (unpaired) electrons. The third kappa shape index (κ3) is 6.43. The van der Waals surface area contributed by atoms with Crippen molar-refractivity contribution in [2.75, 3.05) is 45.7 Å². The van der Waals surface area contributed by atoms with Gasteiger partial charge >= 0.3 is 0 Å². The molecule has 1 fully saturated rings. The molecule has 1 aliphatic carbocycles. The highest BCUT2D eigenvalue weighted by molar-refractivity contribution is 5.73. The molecule has 8 heteroatoms. The number of nitrogens with one attached hydrogen (secondary N) is 2. The first kappa shape index (κ1) is 27.8. The quantitative estimate of drug-likeness (QED) is 0.448. The number of carbonyl (C=O) groups is 1. The largest absolute Gasteiger partial charge is 0.474 e. The summed E-state index contributed by atoms with van der Waals surface area (Å²) < 4.78 is 13.3. The maximum Gasteiger partial charge on any atom is 0.238 e. The Morgan fingerprint density at radius 3 is 2.61 bits per heavy atom. The number of nitrogens with zero attached hydrogens (tertiary/aromatic N) is 3. The Hall–Kier alpha value is -3.20. The van der Waals surface area contributed by atoms with Crippen molar-refractivity contribution in [2.45, 2.75) is 51.2 Å². The molecule has 3 aromatic rings. The van der Waals surface area contributed by atoms with Crippen LogP contribution in [0.1, 0.15) is 49.4 Å². The molecule has 2 aliphatic rings. The van der Waals surface area contributed by atoms with Gasteiger partial charge in [-0.15, -0.1) is 5.10 Å². The minimum atomic E-state index is 0.0208. The lowest BCUT2D eigenvalue weighted by Gasteiger charge is -2.37. The Labute approximate surface area is 226 Å². The van der Waals surface area contributed by atoms with Crippen LogP contribution in [-0.2, 0) is 14.9 Å². The summed E-state index contributed by atoms with van der Waals surface area (Å²) in [7, 11) is 4.12. The van der Waals surface area contributed by atoms with Crippen LogP contribution in [0.3, 0.4) is 0 Å². The van der Waals surface area contributed by atoms with E-state index in [2.05, 4.69) is 72.8 Å². The summed E-state index contributed by atoms with van der Waals surface area (Å²) in [4.78, 5) is 13.2. The number of likely N-dealkylation sites (N-methyl/N-ethyl adjacent to an activating group) is 1. The summed E-state index contributed by atoms with van der Waals surface area (Å²) in [5.41, 5.74) is 5.00. The van der Waals surface area contributed by atoms with Gasteiger partial charge in [-0.2, -0.15) is 0 Å². The molecule has 0 spiro atoms. The van der Waals surface area contributed by atoms with E-state index in [0.717, 1.165) is 24.3 Å². The smallest absolute Gasteiger partial charge is 0.238 e. The van der Waals surface area contributed by atoms with Crippen LogP contribution in [0.4, 0.5) is 5.82 Å². The Morgan fingerprint density at radius 1 is 1.16 bits per heavy atom. The number of para-hydroxylation sites is 1. The average Bonchev–Trinajstić information content (AvgIpc) is 3.24. The molecule has 0 saturated carbocycles. The van der Waals surface area contributed by atoms with Gasteiger partial charge in [-0.1, -0.05) is 56.3 Å². The van der Waals surface area contributed by atoms with Gasteiger partial charge in [0, 0.05) is 19.1 Å². The normalized spacial score (nSPS) is 20.6. The van der Waals surface area contributed by atoms with Crippen molar-refractivity contribution >= 4 is 12.2 Å². The predicted octanol–water partition coefficient (Wildman–Crippen LogP) is 4.48. The SMILES string of the molecule is CNC1CCC(C)(C)c2ccccc21.Cc1c(OCC2CN(C)CCO2)nn(-c2ccccc2)c1NC=O. The van der Waals surface area contributed by atoms with Crippen molar-refractivity contribution in [3.63, 3.8) is 0 Å². The van der Waals surface area contributed by atoms with Crippen molar-refractivity contribution in [2.24, 2.45) is 0 Å². The van der Waals surface area contributed by atoms with Crippen molar-refractivity contribution in [3.8, 4) is 11.6 Å². The van der Waals surface area contributed by atoms with E-state index in [4.69, 9.17) is 9.47 Å². The highest BCUT2D eigenvalue weighted by Gasteiger charge is 2.31. The summed E-state index contributed by atoms with van der Waals surface area (Å²) >= 11 is 0. The lowest BCUT2D eigenvalue weighted by Crippen LogP contribution is -2.42. The van der Waals surface area contributed by atoms with Crippen LogP contribution in [-0.4, -0.2) is 67.6 Å². The van der Waals surface area contributed by atoms with Crippen LogP contribution in [0.25, 0.3) is 5.69 Å². The van der Waals surface area contributed by atoms with E-state index < -0.39 is 0 Å². The number of hydrogen-bond acceptors (Lipinski definition) is 6. The van der Waals surface area contributed by atoms with Gasteiger partial charge in [0.1, 0.15) is 18.5 Å². The standard InChI is InChI=1S/C17H22N4O3.C13H19N/c1-13-16(18-12-22)21(14-6-4-3-5-7-14)19-17(13)24-11-15-10-20(2)8-9-23-15;1-13(2)9-8-12(14-3)10-6-4-5-7-11(10)13/h3-7,12,15H,8-11H2,1-2H3,(H,18,22);4-7,12,14H,8-9H2,1-3H3. The van der Waals surface area contributed by atoms with Gasteiger partial charge in [-0.3, -0.25) is 4.79 Å². The zero-order valence-electron chi connectivity index (χ0n) is 23.2. The van der Waals surface area contributed by atoms with Crippen LogP contribution < -0.4 is 15.4 Å². The topological polar surface area (TPSA) is 80.7 Å². The van der Waals surface area contributed by atoms with Crippen LogP contribution in [0, 0.1) is 6.92 Å². The van der Waals surface area contributed by atoms with Gasteiger partial charge in [0.15, 0.2) is 0 Å². The third-order valence-corrected chi connectivity index (χ3v) is 7.49. The lowest BCUT2D eigenvalue weighted by molar-refractivity contribution is -0.105. The minimum Gasteiger partial charge on any atom is -0.474 e. The fourth-order valence-electron chi connectivity index (χ4n) is 5.25. The molecular formula is C30H41N5O3. The van der Waals surface area contributed by atoms with Crippen molar-refractivity contribution in [1.82, 2.24) is 20.0 Å². The van der Waals surface area contributed by atoms with E-state index in [9.17, 15) is 4.79 Å². The summed E-state index contributed by atoms with van der Waals surface area (Å²) in [6.07, 6.45) is 3.19. The van der Waals surface area contributed by atoms with E-state index in [1.165, 1.54) is 24.0 Å². The zero-order valence-corrected chi connectivity index (χ0v) is 23.2. The van der Waals surface area contributed by atoms with Gasteiger partial charge in [-0.05, 0) is 62.5 Å². The Bertz CT molecular complexity index is 1190. The molecule has 2 heterocycles. The molecule has 2 aromatic carbocycles. The van der Waals surface area contributed by atoms with Crippen LogP contribution in [0.5, 0.6) is 5.88 Å². The summed E-state index contributed by atoms with van der Waals surface area (Å²) in [6, 6.07) is 19.0. The molecular weight excluding hydrogens is 478 g/mol. The first-order valence-electron chi connectivity index (χ1n) is 13.4. The number of rotatable bonds is 7. The Kier molecular flexibility index (Phi) is 9.20.